The summed E-state index contributed by atoms with van der Waals surface area (Å²) in [6.45, 7) is 2.63. The lowest BCUT2D eigenvalue weighted by atomic mass is 10.1. The molecule has 0 unspecified atom stereocenters. The van der Waals surface area contributed by atoms with Crippen molar-refractivity contribution in [3.63, 3.8) is 0 Å². The lowest BCUT2D eigenvalue weighted by molar-refractivity contribution is -0.123. The Morgan fingerprint density at radius 3 is 2.59 bits per heavy atom. The number of carbonyl (C=O) groups is 2. The fraction of sp³-hybridized carbons (Fsp3) is 0.200. The Labute approximate surface area is 170 Å². The number of benzene rings is 2. The van der Waals surface area contributed by atoms with E-state index >= 15 is 0 Å². The van der Waals surface area contributed by atoms with E-state index in [-0.39, 0.29) is 17.7 Å². The maximum Gasteiger partial charge on any atom is 0.293 e. The molecule has 0 N–H and O–H groups in total. The molecule has 7 heteroatoms. The van der Waals surface area contributed by atoms with Crippen LogP contribution in [0.4, 0.5) is 4.79 Å². The van der Waals surface area contributed by atoms with Crippen LogP contribution < -0.4 is 9.47 Å². The van der Waals surface area contributed by atoms with Crippen molar-refractivity contribution in [2.45, 2.75) is 13.5 Å². The normalized spacial score (nSPS) is 15.5. The lowest BCUT2D eigenvalue weighted by Crippen LogP contribution is -2.27. The van der Waals surface area contributed by atoms with Crippen LogP contribution in [0.1, 0.15) is 18.1 Å². The Hall–Kier alpha value is -2.25. The van der Waals surface area contributed by atoms with Crippen LogP contribution in [-0.4, -0.2) is 29.8 Å². The molecule has 1 saturated heterocycles. The molecule has 1 heterocycles. The summed E-state index contributed by atoms with van der Waals surface area (Å²) in [7, 11) is 1.57. The molecule has 0 aromatic heterocycles. The fourth-order valence-corrected chi connectivity index (χ4v) is 4.15. The maximum absolute atomic E-state index is 12.7. The number of hydrogen-bond acceptors (Lipinski definition) is 5. The summed E-state index contributed by atoms with van der Waals surface area (Å²) in [4.78, 5) is 26.6. The minimum atomic E-state index is -0.293. The van der Waals surface area contributed by atoms with Crippen molar-refractivity contribution in [1.29, 1.82) is 0 Å². The highest BCUT2D eigenvalue weighted by Crippen LogP contribution is 2.39. The molecule has 0 aliphatic carbocycles. The van der Waals surface area contributed by atoms with Gasteiger partial charge < -0.3 is 9.47 Å². The minimum Gasteiger partial charge on any atom is -0.492 e. The van der Waals surface area contributed by atoms with Crippen molar-refractivity contribution >= 4 is 44.9 Å². The smallest absolute Gasteiger partial charge is 0.293 e. The van der Waals surface area contributed by atoms with Gasteiger partial charge in [-0.15, -0.1) is 0 Å². The summed E-state index contributed by atoms with van der Waals surface area (Å²) in [5, 5.41) is -0.271. The molecule has 5 nitrogen and oxygen atoms in total. The van der Waals surface area contributed by atoms with Gasteiger partial charge in [0.05, 0.1) is 29.6 Å². The first-order chi connectivity index (χ1) is 13.0. The minimum absolute atomic E-state index is 0.263. The predicted molar refractivity (Wildman–Crippen MR) is 110 cm³/mol. The molecule has 0 saturated carbocycles. The fourth-order valence-electron chi connectivity index (χ4n) is 2.69. The Bertz CT molecular complexity index is 898. The standard InChI is InChI=1S/C20H18BrNO4S/c1-3-26-16-10-14(9-15(21)18(16)25-2)11-17-19(23)22(20(24)27-17)12-13-7-5-4-6-8-13/h4-11H,3,12H2,1-2H3. The van der Waals surface area contributed by atoms with Crippen molar-refractivity contribution in [2.24, 2.45) is 0 Å². The first kappa shape index (κ1) is 19.5. The third kappa shape index (κ3) is 4.36. The van der Waals surface area contributed by atoms with Crippen LogP contribution in [0.2, 0.25) is 0 Å². The number of hydrogen-bond donors (Lipinski definition) is 0. The van der Waals surface area contributed by atoms with Gasteiger partial charge >= 0.3 is 0 Å². The second-order valence-corrected chi connectivity index (χ2v) is 7.57. The average molecular weight is 448 g/mol. The van der Waals surface area contributed by atoms with E-state index in [0.29, 0.717) is 27.5 Å². The largest absolute Gasteiger partial charge is 0.492 e. The van der Waals surface area contributed by atoms with Gasteiger partial charge in [0, 0.05) is 0 Å². The molecule has 2 amide bonds. The Morgan fingerprint density at radius 2 is 1.93 bits per heavy atom. The monoisotopic (exact) mass is 447 g/mol. The van der Waals surface area contributed by atoms with E-state index < -0.39 is 0 Å². The average Bonchev–Trinajstić information content (AvgIpc) is 2.90. The zero-order valence-electron chi connectivity index (χ0n) is 14.9. The Kier molecular flexibility index (Phi) is 6.23. The number of methoxy groups -OCH3 is 1. The molecule has 1 fully saturated rings. The summed E-state index contributed by atoms with van der Waals surface area (Å²) in [5.41, 5.74) is 1.66. The summed E-state index contributed by atoms with van der Waals surface area (Å²) in [5.74, 6) is 0.870. The second kappa shape index (κ2) is 8.63. The highest BCUT2D eigenvalue weighted by molar-refractivity contribution is 9.10. The molecule has 2 aromatic carbocycles. The second-order valence-electron chi connectivity index (χ2n) is 5.72. The van der Waals surface area contributed by atoms with Crippen molar-refractivity contribution < 1.29 is 19.1 Å². The summed E-state index contributed by atoms with van der Waals surface area (Å²) in [6.07, 6.45) is 1.70. The molecule has 0 bridgehead atoms. The van der Waals surface area contributed by atoms with Gasteiger partial charge in [-0.1, -0.05) is 30.3 Å². The number of ether oxygens (including phenoxy) is 2. The summed E-state index contributed by atoms with van der Waals surface area (Å²) < 4.78 is 11.7. The van der Waals surface area contributed by atoms with Gasteiger partial charge in [0.25, 0.3) is 11.1 Å². The van der Waals surface area contributed by atoms with E-state index in [0.717, 1.165) is 22.9 Å². The SMILES string of the molecule is CCOc1cc(C=C2SC(=O)N(Cc3ccccc3)C2=O)cc(Br)c1OC. The van der Waals surface area contributed by atoms with Gasteiger partial charge in [-0.05, 0) is 64.0 Å². The van der Waals surface area contributed by atoms with Gasteiger partial charge in [0.1, 0.15) is 0 Å². The predicted octanol–water partition coefficient (Wildman–Crippen LogP) is 5.09. The lowest BCUT2D eigenvalue weighted by Gasteiger charge is -2.13. The van der Waals surface area contributed by atoms with Crippen LogP contribution in [0.15, 0.2) is 51.8 Å². The zero-order valence-corrected chi connectivity index (χ0v) is 17.3. The van der Waals surface area contributed by atoms with E-state index in [2.05, 4.69) is 15.9 Å². The van der Waals surface area contributed by atoms with E-state index in [9.17, 15) is 9.59 Å². The number of thioether (sulfide) groups is 1. The molecule has 140 valence electrons. The molecule has 27 heavy (non-hydrogen) atoms. The molecule has 2 aromatic rings. The van der Waals surface area contributed by atoms with Crippen LogP contribution in [0.25, 0.3) is 6.08 Å². The molecule has 1 aliphatic rings. The van der Waals surface area contributed by atoms with Crippen molar-refractivity contribution in [3.05, 3.63) is 63.0 Å². The van der Waals surface area contributed by atoms with Gasteiger partial charge in [-0.25, -0.2) is 0 Å². The van der Waals surface area contributed by atoms with Gasteiger partial charge in [0.2, 0.25) is 0 Å². The first-order valence-corrected chi connectivity index (χ1v) is 9.94. The van der Waals surface area contributed by atoms with Crippen molar-refractivity contribution in [1.82, 2.24) is 4.90 Å². The molecule has 0 atom stereocenters. The third-order valence-electron chi connectivity index (χ3n) is 3.89. The molecular formula is C20H18BrNO4S. The van der Waals surface area contributed by atoms with E-state index in [1.165, 1.54) is 4.90 Å². The zero-order chi connectivity index (χ0) is 19.4. The number of nitrogens with zero attached hydrogens (tertiary/aromatic N) is 1. The molecular weight excluding hydrogens is 430 g/mol. The maximum atomic E-state index is 12.7. The number of halogens is 1. The van der Waals surface area contributed by atoms with Crippen molar-refractivity contribution in [2.75, 3.05) is 13.7 Å². The van der Waals surface area contributed by atoms with Crippen LogP contribution >= 0.6 is 27.7 Å². The van der Waals surface area contributed by atoms with Crippen LogP contribution in [0.3, 0.4) is 0 Å². The van der Waals surface area contributed by atoms with Crippen LogP contribution in [-0.2, 0) is 11.3 Å². The van der Waals surface area contributed by atoms with Gasteiger partial charge in [0.15, 0.2) is 11.5 Å². The van der Waals surface area contributed by atoms with Crippen LogP contribution in [0.5, 0.6) is 11.5 Å². The number of carbonyl (C=O) groups excluding carboxylic acids is 2. The van der Waals surface area contributed by atoms with E-state index in [1.807, 2.05) is 43.3 Å². The number of amides is 2. The van der Waals surface area contributed by atoms with Gasteiger partial charge in [-0.2, -0.15) is 0 Å². The highest BCUT2D eigenvalue weighted by Gasteiger charge is 2.35. The summed E-state index contributed by atoms with van der Waals surface area (Å²) in [6, 6.07) is 13.1. The number of rotatable bonds is 6. The topological polar surface area (TPSA) is 55.8 Å². The molecule has 1 aliphatic heterocycles. The number of imide groups is 1. The van der Waals surface area contributed by atoms with Crippen LogP contribution in [0, 0.1) is 0 Å². The highest BCUT2D eigenvalue weighted by atomic mass is 79.9. The molecule has 0 radical (unpaired) electrons. The Morgan fingerprint density at radius 1 is 1.19 bits per heavy atom. The first-order valence-electron chi connectivity index (χ1n) is 8.33. The third-order valence-corrected chi connectivity index (χ3v) is 5.39. The molecule has 3 rings (SSSR count). The Balaban J connectivity index is 1.87. The summed E-state index contributed by atoms with van der Waals surface area (Å²) >= 11 is 4.40. The van der Waals surface area contributed by atoms with E-state index in [4.69, 9.17) is 9.47 Å². The van der Waals surface area contributed by atoms with Gasteiger partial charge in [-0.3, -0.25) is 14.5 Å². The van der Waals surface area contributed by atoms with E-state index in [1.54, 1.807) is 19.3 Å². The van der Waals surface area contributed by atoms with Crippen molar-refractivity contribution in [3.8, 4) is 11.5 Å². The quantitative estimate of drug-likeness (QED) is 0.576. The molecule has 0 spiro atoms.